The second-order valence-corrected chi connectivity index (χ2v) is 10.7. The second kappa shape index (κ2) is 10.5. The Morgan fingerprint density at radius 2 is 1.52 bits per heavy atom. The number of methoxy groups -OCH3 is 1. The fourth-order valence-corrected chi connectivity index (χ4v) is 5.83. The number of benzene rings is 3. The predicted octanol–water partition coefficient (Wildman–Crippen LogP) is 9.20. The van der Waals surface area contributed by atoms with E-state index in [1.165, 1.54) is 36.3 Å². The molecule has 2 aliphatic heterocycles. The molecule has 0 radical (unpaired) electrons. The number of rotatable bonds is 5. The van der Waals surface area contributed by atoms with Gasteiger partial charge in [0.2, 0.25) is 0 Å². The van der Waals surface area contributed by atoms with Crippen LogP contribution in [0, 0.1) is 11.6 Å². The summed E-state index contributed by atoms with van der Waals surface area (Å²) in [4.78, 5) is 14.4. The van der Waals surface area contributed by atoms with E-state index >= 15 is 0 Å². The maximum atomic E-state index is 14.7. The third kappa shape index (κ3) is 5.27. The van der Waals surface area contributed by atoms with Crippen LogP contribution in [-0.2, 0) is 17.1 Å². The Kier molecular flexibility index (Phi) is 7.39. The lowest BCUT2D eigenvalue weighted by Gasteiger charge is -2.26. The summed E-state index contributed by atoms with van der Waals surface area (Å²) in [7, 11) is 1.34. The van der Waals surface area contributed by atoms with Gasteiger partial charge in [-0.3, -0.25) is 4.90 Å². The van der Waals surface area contributed by atoms with Gasteiger partial charge in [0.05, 0.1) is 30.3 Å². The highest BCUT2D eigenvalue weighted by molar-refractivity contribution is 5.77. The number of alkyl halides is 6. The van der Waals surface area contributed by atoms with Crippen molar-refractivity contribution in [2.45, 2.75) is 63.1 Å². The smallest absolute Gasteiger partial charge is 0.416 e. The molecule has 1 unspecified atom stereocenters. The van der Waals surface area contributed by atoms with Crippen LogP contribution in [0.2, 0.25) is 0 Å². The molecule has 3 atom stereocenters. The first kappa shape index (κ1) is 29.7. The van der Waals surface area contributed by atoms with Crippen LogP contribution >= 0.6 is 0 Å². The second-order valence-electron chi connectivity index (χ2n) is 10.7. The Labute approximate surface area is 235 Å². The van der Waals surface area contributed by atoms with Gasteiger partial charge in [-0.1, -0.05) is 19.9 Å². The van der Waals surface area contributed by atoms with Gasteiger partial charge in [-0.25, -0.2) is 13.6 Å². The van der Waals surface area contributed by atoms with Crippen LogP contribution in [0.15, 0.2) is 48.5 Å². The number of fused-ring (bicyclic) bond motifs is 1. The van der Waals surface area contributed by atoms with Crippen LogP contribution in [0.5, 0.6) is 5.75 Å². The fraction of sp³-hybridized carbons (Fsp3) is 0.367. The average Bonchev–Trinajstić information content (AvgIpc) is 3.48. The molecule has 3 aromatic rings. The molecule has 42 heavy (non-hydrogen) atoms. The summed E-state index contributed by atoms with van der Waals surface area (Å²) in [5.74, 6) is -1.19. The highest BCUT2D eigenvalue weighted by Gasteiger charge is 2.51. The molecule has 2 heterocycles. The summed E-state index contributed by atoms with van der Waals surface area (Å²) in [5, 5.41) is 0. The van der Waals surface area contributed by atoms with Gasteiger partial charge in [0.1, 0.15) is 23.5 Å². The number of carbonyl (C=O) groups is 1. The third-order valence-corrected chi connectivity index (χ3v) is 7.76. The zero-order chi connectivity index (χ0) is 30.7. The Morgan fingerprint density at radius 3 is 2.10 bits per heavy atom. The molecule has 2 saturated heterocycles. The normalized spacial score (nSPS) is 20.7. The van der Waals surface area contributed by atoms with E-state index in [1.807, 2.05) is 0 Å². The molecular formula is C30H25F8NO3. The van der Waals surface area contributed by atoms with E-state index in [0.29, 0.717) is 34.4 Å². The van der Waals surface area contributed by atoms with Crippen molar-refractivity contribution in [1.29, 1.82) is 0 Å². The number of hydrogen-bond donors (Lipinski definition) is 0. The van der Waals surface area contributed by atoms with E-state index in [4.69, 9.17) is 9.47 Å². The van der Waals surface area contributed by atoms with Crippen molar-refractivity contribution in [1.82, 2.24) is 4.90 Å². The number of hydrogen-bond acceptors (Lipinski definition) is 3. The average molecular weight is 600 g/mol. The molecule has 0 spiro atoms. The van der Waals surface area contributed by atoms with E-state index < -0.39 is 65.0 Å². The molecule has 0 saturated carbocycles. The molecule has 2 aliphatic rings. The Morgan fingerprint density at radius 1 is 0.881 bits per heavy atom. The van der Waals surface area contributed by atoms with E-state index in [0.717, 1.165) is 0 Å². The Balaban J connectivity index is 1.58. The lowest BCUT2D eigenvalue weighted by Crippen LogP contribution is -2.31. The standard InChI is InChI=1S/C30H25F8NO3/c1-14(2)20-12-22(26(41-3)13-23(20)32)19-5-4-18(31)11-21(19)24-6-7-25-27(42-28(40)39(24)25)15-8-16(29(33,34)35)10-17(9-15)30(36,37)38/h4-5,8-14,24-25,27H,6-7H2,1-3H3/t24-,25?,27+/m0/s1. The molecule has 0 N–H and O–H groups in total. The van der Waals surface area contributed by atoms with Crippen molar-refractivity contribution < 1.29 is 49.4 Å². The lowest BCUT2D eigenvalue weighted by atomic mass is 9.90. The van der Waals surface area contributed by atoms with Crippen LogP contribution < -0.4 is 4.74 Å². The van der Waals surface area contributed by atoms with E-state index in [-0.39, 0.29) is 30.6 Å². The van der Waals surface area contributed by atoms with Crippen molar-refractivity contribution in [3.8, 4) is 16.9 Å². The summed E-state index contributed by atoms with van der Waals surface area (Å²) >= 11 is 0. The molecule has 2 fully saturated rings. The molecule has 12 heteroatoms. The Hall–Kier alpha value is -3.83. The summed E-state index contributed by atoms with van der Waals surface area (Å²) in [5.41, 5.74) is -1.94. The summed E-state index contributed by atoms with van der Waals surface area (Å²) in [6, 6.07) is 6.00. The van der Waals surface area contributed by atoms with E-state index in [2.05, 4.69) is 0 Å². The number of nitrogens with zero attached hydrogens (tertiary/aromatic N) is 1. The zero-order valence-corrected chi connectivity index (χ0v) is 22.5. The van der Waals surface area contributed by atoms with Crippen LogP contribution in [0.4, 0.5) is 39.9 Å². The molecule has 0 bridgehead atoms. The quantitative estimate of drug-likeness (QED) is 0.275. The molecular weight excluding hydrogens is 574 g/mol. The van der Waals surface area contributed by atoms with Crippen LogP contribution in [0.25, 0.3) is 11.1 Å². The van der Waals surface area contributed by atoms with Crippen molar-refractivity contribution in [3.63, 3.8) is 0 Å². The van der Waals surface area contributed by atoms with Crippen molar-refractivity contribution in [2.24, 2.45) is 0 Å². The Bertz CT molecular complexity index is 1500. The first-order valence-electron chi connectivity index (χ1n) is 13.1. The molecule has 4 nitrogen and oxygen atoms in total. The van der Waals surface area contributed by atoms with Gasteiger partial charge in [-0.2, -0.15) is 26.3 Å². The van der Waals surface area contributed by atoms with Gasteiger partial charge in [-0.15, -0.1) is 0 Å². The first-order valence-corrected chi connectivity index (χ1v) is 13.1. The minimum Gasteiger partial charge on any atom is -0.496 e. The molecule has 0 aromatic heterocycles. The van der Waals surface area contributed by atoms with Gasteiger partial charge >= 0.3 is 18.4 Å². The van der Waals surface area contributed by atoms with Gasteiger partial charge < -0.3 is 9.47 Å². The number of halogens is 8. The minimum absolute atomic E-state index is 0.00993. The number of ether oxygens (including phenoxy) is 2. The van der Waals surface area contributed by atoms with Crippen LogP contribution in [0.1, 0.15) is 72.6 Å². The highest BCUT2D eigenvalue weighted by Crippen LogP contribution is 2.51. The third-order valence-electron chi connectivity index (χ3n) is 7.76. The maximum absolute atomic E-state index is 14.7. The van der Waals surface area contributed by atoms with E-state index in [1.54, 1.807) is 19.9 Å². The largest absolute Gasteiger partial charge is 0.496 e. The fourth-order valence-electron chi connectivity index (χ4n) is 5.83. The van der Waals surface area contributed by atoms with Gasteiger partial charge in [-0.05, 0) is 77.4 Å². The SMILES string of the molecule is COc1cc(F)c(C(C)C)cc1-c1ccc(F)cc1[C@@H]1CCC2[C@@H](c3cc(C(F)(F)F)cc(C(F)(F)F)c3)OC(=O)N21. The number of cyclic esters (lactones) is 1. The monoisotopic (exact) mass is 599 g/mol. The highest BCUT2D eigenvalue weighted by atomic mass is 19.4. The van der Waals surface area contributed by atoms with E-state index in [9.17, 15) is 39.9 Å². The first-order chi connectivity index (χ1) is 19.6. The molecule has 224 valence electrons. The summed E-state index contributed by atoms with van der Waals surface area (Å²) in [6.45, 7) is 3.58. The van der Waals surface area contributed by atoms with Crippen molar-refractivity contribution in [2.75, 3.05) is 7.11 Å². The van der Waals surface area contributed by atoms with Gasteiger partial charge in [0, 0.05) is 11.6 Å². The van der Waals surface area contributed by atoms with Crippen molar-refractivity contribution >= 4 is 6.09 Å². The van der Waals surface area contributed by atoms with Crippen LogP contribution in [-0.4, -0.2) is 24.1 Å². The van der Waals surface area contributed by atoms with Crippen molar-refractivity contribution in [3.05, 3.63) is 88.0 Å². The molecule has 3 aromatic carbocycles. The lowest BCUT2D eigenvalue weighted by molar-refractivity contribution is -0.143. The topological polar surface area (TPSA) is 38.8 Å². The molecule has 5 rings (SSSR count). The number of carbonyl (C=O) groups excluding carboxylic acids is 1. The zero-order valence-electron chi connectivity index (χ0n) is 22.5. The van der Waals surface area contributed by atoms with Crippen LogP contribution in [0.3, 0.4) is 0 Å². The molecule has 0 aliphatic carbocycles. The maximum Gasteiger partial charge on any atom is 0.416 e. The van der Waals surface area contributed by atoms with Gasteiger partial charge in [0.25, 0.3) is 0 Å². The summed E-state index contributed by atoms with van der Waals surface area (Å²) in [6.07, 6.45) is -12.1. The van der Waals surface area contributed by atoms with Gasteiger partial charge in [0.15, 0.2) is 0 Å². The molecule has 1 amide bonds. The number of amides is 1. The summed E-state index contributed by atoms with van der Waals surface area (Å²) < 4.78 is 121. The predicted molar refractivity (Wildman–Crippen MR) is 136 cm³/mol. The minimum atomic E-state index is -5.07.